The van der Waals surface area contributed by atoms with E-state index in [1.165, 1.54) is 32.5 Å². The lowest BCUT2D eigenvalue weighted by Gasteiger charge is -2.13. The Hall–Kier alpha value is -1.36. The third-order valence-electron chi connectivity index (χ3n) is 3.83. The highest BCUT2D eigenvalue weighted by Gasteiger charge is 2.23. The van der Waals surface area contributed by atoms with Crippen molar-refractivity contribution in [3.63, 3.8) is 0 Å². The van der Waals surface area contributed by atoms with Gasteiger partial charge in [0.15, 0.2) is 12.2 Å². The number of nitrogens with zero attached hydrogens (tertiary/aromatic N) is 2. The van der Waals surface area contributed by atoms with Crippen molar-refractivity contribution in [3.05, 3.63) is 40.9 Å². The van der Waals surface area contributed by atoms with Gasteiger partial charge in [0, 0.05) is 28.2 Å². The van der Waals surface area contributed by atoms with Gasteiger partial charge in [0.25, 0.3) is 0 Å². The van der Waals surface area contributed by atoms with Gasteiger partial charge in [0.05, 0.1) is 11.1 Å². The number of hydrogen-bond donors (Lipinski definition) is 0. The van der Waals surface area contributed by atoms with Crippen LogP contribution in [0.5, 0.6) is 0 Å². The number of halogens is 1. The summed E-state index contributed by atoms with van der Waals surface area (Å²) >= 11 is 8.18. The van der Waals surface area contributed by atoms with Crippen LogP contribution in [-0.2, 0) is 13.0 Å². The smallest absolute Gasteiger partial charge is 0.181 e. The lowest BCUT2D eigenvalue weighted by atomic mass is 10.0. The molecular weight excluding hydrogens is 292 g/mol. The average molecular weight is 305 g/mol. The topological polar surface area (TPSA) is 29.3 Å². The van der Waals surface area contributed by atoms with Crippen LogP contribution in [0, 0.1) is 0 Å². The van der Waals surface area contributed by atoms with Crippen molar-refractivity contribution in [2.24, 2.45) is 0 Å². The van der Waals surface area contributed by atoms with Gasteiger partial charge in [-0.2, -0.15) is 0 Å². The minimum Gasteiger partial charge on any atom is -0.443 e. The second kappa shape index (κ2) is 4.58. The zero-order valence-electron chi connectivity index (χ0n) is 11.0. The highest BCUT2D eigenvalue weighted by atomic mass is 35.5. The Labute approximate surface area is 125 Å². The predicted molar refractivity (Wildman–Crippen MR) is 82.4 cm³/mol. The summed E-state index contributed by atoms with van der Waals surface area (Å²) in [6.45, 7) is 1.94. The van der Waals surface area contributed by atoms with Gasteiger partial charge in [-0.15, -0.1) is 11.3 Å². The molecule has 3 nitrogen and oxygen atoms in total. The number of aromatic nitrogens is 1. The Morgan fingerprint density at radius 3 is 3.05 bits per heavy atom. The van der Waals surface area contributed by atoms with Gasteiger partial charge in [0.1, 0.15) is 0 Å². The fourth-order valence-corrected chi connectivity index (χ4v) is 4.32. The van der Waals surface area contributed by atoms with Gasteiger partial charge >= 0.3 is 0 Å². The lowest BCUT2D eigenvalue weighted by molar-refractivity contribution is 0.337. The van der Waals surface area contributed by atoms with E-state index in [9.17, 15) is 0 Å². The fourth-order valence-electron chi connectivity index (χ4n) is 2.88. The summed E-state index contributed by atoms with van der Waals surface area (Å²) in [5.41, 5.74) is 2.59. The monoisotopic (exact) mass is 304 g/mol. The molecule has 0 bridgehead atoms. The van der Waals surface area contributed by atoms with Gasteiger partial charge < -0.3 is 9.32 Å². The van der Waals surface area contributed by atoms with E-state index in [1.54, 1.807) is 17.5 Å². The molecule has 3 heterocycles. The first-order chi connectivity index (χ1) is 9.74. The van der Waals surface area contributed by atoms with E-state index in [0.717, 1.165) is 30.3 Å². The van der Waals surface area contributed by atoms with Crippen molar-refractivity contribution in [2.45, 2.75) is 13.0 Å². The number of likely N-dealkylation sites (N-methyl/N-ethyl adjacent to an activating group) is 1. The molecule has 3 aromatic rings. The maximum Gasteiger partial charge on any atom is 0.181 e. The van der Waals surface area contributed by atoms with E-state index in [1.807, 2.05) is 6.07 Å². The molecule has 0 radical (unpaired) electrons. The molecule has 0 atom stereocenters. The predicted octanol–water partition coefficient (Wildman–Crippen LogP) is 4.20. The highest BCUT2D eigenvalue weighted by molar-refractivity contribution is 7.22. The molecule has 1 aliphatic rings. The number of thiophene rings is 1. The van der Waals surface area contributed by atoms with Crippen molar-refractivity contribution < 1.29 is 4.42 Å². The Morgan fingerprint density at radius 1 is 1.35 bits per heavy atom. The van der Waals surface area contributed by atoms with Crippen molar-refractivity contribution >= 4 is 33.0 Å². The largest absolute Gasteiger partial charge is 0.443 e. The molecule has 4 rings (SSSR count). The molecule has 0 saturated heterocycles. The maximum absolute atomic E-state index is 6.41. The first kappa shape index (κ1) is 12.4. The van der Waals surface area contributed by atoms with E-state index in [4.69, 9.17) is 16.0 Å². The van der Waals surface area contributed by atoms with Gasteiger partial charge in [-0.1, -0.05) is 11.6 Å². The zero-order chi connectivity index (χ0) is 13.7. The molecule has 102 valence electrons. The Kier molecular flexibility index (Phi) is 2.84. The fraction of sp³-hybridized carbons (Fsp3) is 0.267. The Balaban J connectivity index is 2.07. The number of rotatable bonds is 1. The molecule has 0 spiro atoms. The Morgan fingerprint density at radius 2 is 2.25 bits per heavy atom. The van der Waals surface area contributed by atoms with Gasteiger partial charge in [-0.3, -0.25) is 0 Å². The van der Waals surface area contributed by atoms with Crippen LogP contribution in [0.3, 0.4) is 0 Å². The van der Waals surface area contributed by atoms with Crippen LogP contribution in [0.1, 0.15) is 11.1 Å². The molecule has 1 aromatic carbocycles. The molecule has 0 N–H and O–H groups in total. The van der Waals surface area contributed by atoms with Crippen LogP contribution in [0.25, 0.3) is 20.7 Å². The van der Waals surface area contributed by atoms with Gasteiger partial charge in [0.2, 0.25) is 0 Å². The lowest BCUT2D eigenvalue weighted by Crippen LogP contribution is -2.18. The quantitative estimate of drug-likeness (QED) is 0.675. The molecule has 0 saturated carbocycles. The SMILES string of the molecule is CN1CCc2c(Cl)ccc3sc(-c4cnco4)c(c23)C1. The van der Waals surface area contributed by atoms with E-state index >= 15 is 0 Å². The van der Waals surface area contributed by atoms with E-state index in [-0.39, 0.29) is 0 Å². The van der Waals surface area contributed by atoms with E-state index in [2.05, 4.69) is 23.0 Å². The highest BCUT2D eigenvalue weighted by Crippen LogP contribution is 2.43. The summed E-state index contributed by atoms with van der Waals surface area (Å²) in [7, 11) is 2.15. The average Bonchev–Trinajstić information content (AvgIpc) is 3.02. The third-order valence-corrected chi connectivity index (χ3v) is 5.40. The molecule has 0 fully saturated rings. The van der Waals surface area contributed by atoms with Crippen LogP contribution in [0.2, 0.25) is 5.02 Å². The second-order valence-corrected chi connectivity index (χ2v) is 6.62. The molecule has 20 heavy (non-hydrogen) atoms. The summed E-state index contributed by atoms with van der Waals surface area (Å²) in [6.07, 6.45) is 4.26. The minimum absolute atomic E-state index is 0.846. The maximum atomic E-state index is 6.41. The molecule has 0 amide bonds. The number of oxazole rings is 1. The summed E-state index contributed by atoms with van der Waals surface area (Å²) in [5.74, 6) is 0.846. The van der Waals surface area contributed by atoms with Crippen LogP contribution >= 0.6 is 22.9 Å². The molecule has 1 aliphatic heterocycles. The van der Waals surface area contributed by atoms with Crippen LogP contribution in [0.15, 0.2) is 29.1 Å². The van der Waals surface area contributed by atoms with Crippen LogP contribution < -0.4 is 0 Å². The van der Waals surface area contributed by atoms with Crippen molar-refractivity contribution in [1.29, 1.82) is 0 Å². The van der Waals surface area contributed by atoms with Crippen molar-refractivity contribution in [2.75, 3.05) is 13.6 Å². The molecule has 5 heteroatoms. The number of benzene rings is 1. The van der Waals surface area contributed by atoms with E-state index < -0.39 is 0 Å². The first-order valence-corrected chi connectivity index (χ1v) is 7.73. The van der Waals surface area contributed by atoms with E-state index in [0.29, 0.717) is 0 Å². The van der Waals surface area contributed by atoms with Crippen molar-refractivity contribution in [1.82, 2.24) is 9.88 Å². The summed E-state index contributed by atoms with van der Waals surface area (Å²) < 4.78 is 6.79. The first-order valence-electron chi connectivity index (χ1n) is 6.54. The third kappa shape index (κ3) is 1.79. The van der Waals surface area contributed by atoms with Gasteiger partial charge in [-0.05, 0) is 36.7 Å². The Bertz CT molecular complexity index is 779. The molecule has 0 aliphatic carbocycles. The second-order valence-electron chi connectivity index (χ2n) is 5.16. The molecule has 2 aromatic heterocycles. The van der Waals surface area contributed by atoms with Crippen LogP contribution in [0.4, 0.5) is 0 Å². The standard InChI is InChI=1S/C15H13ClN2OS/c1-18-5-4-9-11(16)2-3-13-14(9)10(7-18)15(20-13)12-6-17-8-19-12/h2-3,6,8H,4-5,7H2,1H3. The zero-order valence-corrected chi connectivity index (χ0v) is 12.6. The van der Waals surface area contributed by atoms with Crippen LogP contribution in [-0.4, -0.2) is 23.5 Å². The summed E-state index contributed by atoms with van der Waals surface area (Å²) in [5, 5.41) is 2.19. The minimum atomic E-state index is 0.846. The summed E-state index contributed by atoms with van der Waals surface area (Å²) in [6, 6.07) is 4.12. The van der Waals surface area contributed by atoms with Crippen molar-refractivity contribution in [3.8, 4) is 10.6 Å². The molecule has 0 unspecified atom stereocenters. The number of hydrogen-bond acceptors (Lipinski definition) is 4. The summed E-state index contributed by atoms with van der Waals surface area (Å²) in [4.78, 5) is 7.55. The normalized spacial score (nSPS) is 15.7. The van der Waals surface area contributed by atoms with Gasteiger partial charge in [-0.25, -0.2) is 4.98 Å². The molecular formula is C15H13ClN2OS.